The first-order valence-electron chi connectivity index (χ1n) is 8.59. The van der Waals surface area contributed by atoms with Gasteiger partial charge in [0.05, 0.1) is 26.2 Å². The summed E-state index contributed by atoms with van der Waals surface area (Å²) >= 11 is 0. The summed E-state index contributed by atoms with van der Waals surface area (Å²) in [4.78, 5) is 33.2. The summed E-state index contributed by atoms with van der Waals surface area (Å²) in [6.45, 7) is 4.99. The number of aromatic nitrogens is 2. The number of amides is 1. The maximum atomic E-state index is 12.3. The van der Waals surface area contributed by atoms with Crippen LogP contribution in [0.1, 0.15) is 12.7 Å². The summed E-state index contributed by atoms with van der Waals surface area (Å²) in [7, 11) is 0. The predicted molar refractivity (Wildman–Crippen MR) is 97.8 cm³/mol. The van der Waals surface area contributed by atoms with Crippen LogP contribution in [0, 0.1) is 0 Å². The maximum absolute atomic E-state index is 12.3. The molecular weight excluding hydrogens is 336 g/mol. The highest BCUT2D eigenvalue weighted by Gasteiger charge is 2.15. The van der Waals surface area contributed by atoms with E-state index in [-0.39, 0.29) is 17.9 Å². The smallest absolute Gasteiger partial charge is 0.252 e. The van der Waals surface area contributed by atoms with Crippen LogP contribution in [0.5, 0.6) is 5.75 Å². The summed E-state index contributed by atoms with van der Waals surface area (Å²) in [5, 5.41) is 2.79. The highest BCUT2D eigenvalue weighted by Crippen LogP contribution is 2.17. The van der Waals surface area contributed by atoms with Crippen molar-refractivity contribution in [2.75, 3.05) is 43.1 Å². The molecular formula is C18H22N4O4. The first-order chi connectivity index (χ1) is 12.6. The molecule has 2 heterocycles. The van der Waals surface area contributed by atoms with Crippen LogP contribution in [0.15, 0.2) is 35.1 Å². The number of nitrogens with one attached hydrogen (secondary N) is 2. The largest absolute Gasteiger partial charge is 0.494 e. The molecule has 1 fully saturated rings. The van der Waals surface area contributed by atoms with Gasteiger partial charge in [0.1, 0.15) is 17.4 Å². The molecule has 0 atom stereocenters. The van der Waals surface area contributed by atoms with Crippen molar-refractivity contribution in [3.05, 3.63) is 46.5 Å². The normalized spacial score (nSPS) is 14.1. The third-order valence-corrected chi connectivity index (χ3v) is 3.87. The van der Waals surface area contributed by atoms with Crippen LogP contribution in [0.25, 0.3) is 0 Å². The van der Waals surface area contributed by atoms with Crippen molar-refractivity contribution in [2.24, 2.45) is 0 Å². The average Bonchev–Trinajstić information content (AvgIpc) is 2.62. The van der Waals surface area contributed by atoms with Crippen molar-refractivity contribution in [1.29, 1.82) is 0 Å². The van der Waals surface area contributed by atoms with Gasteiger partial charge < -0.3 is 24.7 Å². The molecule has 0 saturated carbocycles. The Morgan fingerprint density at radius 1 is 1.35 bits per heavy atom. The lowest BCUT2D eigenvalue weighted by Crippen LogP contribution is -2.37. The summed E-state index contributed by atoms with van der Waals surface area (Å²) in [5.74, 6) is 1.32. The fourth-order valence-corrected chi connectivity index (χ4v) is 2.72. The Morgan fingerprint density at radius 3 is 2.92 bits per heavy atom. The van der Waals surface area contributed by atoms with E-state index in [0.717, 1.165) is 0 Å². The molecule has 138 valence electrons. The van der Waals surface area contributed by atoms with Crippen LogP contribution < -0.4 is 20.5 Å². The van der Waals surface area contributed by atoms with Crippen LogP contribution in [-0.4, -0.2) is 48.8 Å². The quantitative estimate of drug-likeness (QED) is 0.805. The second kappa shape index (κ2) is 8.48. The zero-order valence-corrected chi connectivity index (χ0v) is 14.7. The van der Waals surface area contributed by atoms with Gasteiger partial charge in [-0.2, -0.15) is 0 Å². The van der Waals surface area contributed by atoms with E-state index in [1.54, 1.807) is 18.2 Å². The Labute approximate surface area is 151 Å². The molecule has 2 aromatic rings. The van der Waals surface area contributed by atoms with Crippen molar-refractivity contribution in [3.8, 4) is 5.75 Å². The molecule has 8 heteroatoms. The van der Waals surface area contributed by atoms with E-state index in [4.69, 9.17) is 9.47 Å². The molecule has 2 N–H and O–H groups in total. The number of carbonyl (C=O) groups is 1. The van der Waals surface area contributed by atoms with Gasteiger partial charge in [-0.15, -0.1) is 0 Å². The van der Waals surface area contributed by atoms with Gasteiger partial charge in [0, 0.05) is 30.9 Å². The lowest BCUT2D eigenvalue weighted by Gasteiger charge is -2.27. The van der Waals surface area contributed by atoms with Gasteiger partial charge in [0.25, 0.3) is 5.56 Å². The molecule has 0 radical (unpaired) electrons. The Kier molecular flexibility index (Phi) is 5.85. The molecule has 0 bridgehead atoms. The summed E-state index contributed by atoms with van der Waals surface area (Å²) in [5.41, 5.74) is 0.357. The van der Waals surface area contributed by atoms with Crippen molar-refractivity contribution in [3.63, 3.8) is 0 Å². The predicted octanol–water partition coefficient (Wildman–Crippen LogP) is 1.19. The molecule has 1 aliphatic heterocycles. The molecule has 26 heavy (non-hydrogen) atoms. The van der Waals surface area contributed by atoms with Crippen molar-refractivity contribution in [1.82, 2.24) is 9.97 Å². The van der Waals surface area contributed by atoms with Gasteiger partial charge in [-0.05, 0) is 19.1 Å². The van der Waals surface area contributed by atoms with Gasteiger partial charge in [0.2, 0.25) is 5.91 Å². The molecule has 1 aromatic heterocycles. The van der Waals surface area contributed by atoms with Crippen LogP contribution in [0.2, 0.25) is 0 Å². The van der Waals surface area contributed by atoms with Crippen molar-refractivity contribution < 1.29 is 14.3 Å². The number of rotatable bonds is 6. The number of H-pyrrole nitrogens is 1. The monoisotopic (exact) mass is 358 g/mol. The molecule has 1 aromatic carbocycles. The summed E-state index contributed by atoms with van der Waals surface area (Å²) < 4.78 is 10.7. The van der Waals surface area contributed by atoms with E-state index >= 15 is 0 Å². The Bertz CT molecular complexity index is 815. The number of anilines is 2. The standard InChI is InChI=1S/C18H22N4O4/c1-2-26-14-5-3-4-13(10-14)19-17(23)11-15-20-16(12-18(24)21-15)22-6-8-25-9-7-22/h3-5,10,12H,2,6-9,11H2,1H3,(H,19,23)(H,20,21,24). The molecule has 1 aliphatic rings. The number of carbonyl (C=O) groups excluding carboxylic acids is 1. The summed E-state index contributed by atoms with van der Waals surface area (Å²) in [6.07, 6.45) is -0.0215. The number of benzene rings is 1. The topological polar surface area (TPSA) is 96.5 Å². The average molecular weight is 358 g/mol. The lowest BCUT2D eigenvalue weighted by atomic mass is 10.3. The van der Waals surface area contributed by atoms with Crippen LogP contribution >= 0.6 is 0 Å². The molecule has 0 aliphatic carbocycles. The van der Waals surface area contributed by atoms with E-state index < -0.39 is 0 Å². The van der Waals surface area contributed by atoms with E-state index in [9.17, 15) is 9.59 Å². The van der Waals surface area contributed by atoms with E-state index in [0.29, 0.717) is 56.0 Å². The number of nitrogens with zero attached hydrogens (tertiary/aromatic N) is 2. The number of ether oxygens (including phenoxy) is 2. The minimum Gasteiger partial charge on any atom is -0.494 e. The first-order valence-corrected chi connectivity index (χ1v) is 8.59. The highest BCUT2D eigenvalue weighted by molar-refractivity contribution is 5.92. The van der Waals surface area contributed by atoms with Crippen molar-refractivity contribution >= 4 is 17.4 Å². The fourth-order valence-electron chi connectivity index (χ4n) is 2.72. The van der Waals surface area contributed by atoms with Gasteiger partial charge >= 0.3 is 0 Å². The van der Waals surface area contributed by atoms with Crippen molar-refractivity contribution in [2.45, 2.75) is 13.3 Å². The number of hydrogen-bond donors (Lipinski definition) is 2. The third-order valence-electron chi connectivity index (χ3n) is 3.87. The Hall–Kier alpha value is -2.87. The molecule has 0 spiro atoms. The van der Waals surface area contributed by atoms with Gasteiger partial charge in [-0.3, -0.25) is 9.59 Å². The van der Waals surface area contributed by atoms with Crippen LogP contribution in [0.4, 0.5) is 11.5 Å². The Balaban J connectivity index is 1.68. The maximum Gasteiger partial charge on any atom is 0.252 e. The van der Waals surface area contributed by atoms with Crippen LogP contribution in [0.3, 0.4) is 0 Å². The second-order valence-corrected chi connectivity index (χ2v) is 5.84. The molecule has 0 unspecified atom stereocenters. The lowest BCUT2D eigenvalue weighted by molar-refractivity contribution is -0.115. The van der Waals surface area contributed by atoms with E-state index in [1.165, 1.54) is 6.07 Å². The second-order valence-electron chi connectivity index (χ2n) is 5.84. The van der Waals surface area contributed by atoms with Gasteiger partial charge in [-0.1, -0.05) is 6.07 Å². The van der Waals surface area contributed by atoms with Crippen LogP contribution in [-0.2, 0) is 16.0 Å². The minimum atomic E-state index is -0.275. The SMILES string of the molecule is CCOc1cccc(NC(=O)Cc2nc(N3CCOCC3)cc(=O)[nH]2)c1. The van der Waals surface area contributed by atoms with E-state index in [1.807, 2.05) is 17.9 Å². The number of hydrogen-bond acceptors (Lipinski definition) is 6. The van der Waals surface area contributed by atoms with Gasteiger partial charge in [0.15, 0.2) is 0 Å². The molecule has 1 saturated heterocycles. The third kappa shape index (κ3) is 4.82. The Morgan fingerprint density at radius 2 is 2.15 bits per heavy atom. The fraction of sp³-hybridized carbons (Fsp3) is 0.389. The zero-order valence-electron chi connectivity index (χ0n) is 14.7. The molecule has 1 amide bonds. The van der Waals surface area contributed by atoms with E-state index in [2.05, 4.69) is 15.3 Å². The molecule has 8 nitrogen and oxygen atoms in total. The highest BCUT2D eigenvalue weighted by atomic mass is 16.5. The minimum absolute atomic E-state index is 0.0215. The zero-order chi connectivity index (χ0) is 18.4. The number of aromatic amines is 1. The first kappa shape index (κ1) is 17.9. The number of morpholine rings is 1. The van der Waals surface area contributed by atoms with Gasteiger partial charge in [-0.25, -0.2) is 4.98 Å². The summed E-state index contributed by atoms with van der Waals surface area (Å²) in [6, 6.07) is 8.60. The molecule has 3 rings (SSSR count).